The molecule has 0 aliphatic rings. The smallest absolute Gasteiger partial charge is 0.197 e. The average Bonchev–Trinajstić information content (AvgIpc) is 2.80. The fraction of sp³-hybridized carbons (Fsp3) is 0.588. The van der Waals surface area contributed by atoms with Gasteiger partial charge in [0.15, 0.2) is 5.06 Å². The van der Waals surface area contributed by atoms with Gasteiger partial charge in [-0.05, 0) is 35.8 Å². The van der Waals surface area contributed by atoms with Gasteiger partial charge in [-0.3, -0.25) is 0 Å². The molecule has 5 heteroatoms. The molecule has 0 aliphatic carbocycles. The Hall–Kier alpha value is -0.628. The zero-order valence-electron chi connectivity index (χ0n) is 14.2. The van der Waals surface area contributed by atoms with Crippen LogP contribution in [-0.2, 0) is 33.3 Å². The summed E-state index contributed by atoms with van der Waals surface area (Å²) in [7, 11) is 0. The van der Waals surface area contributed by atoms with Gasteiger partial charge in [-0.1, -0.05) is 41.5 Å². The minimum absolute atomic E-state index is 0. The minimum Gasteiger partial charge on any atom is -0.498 e. The summed E-state index contributed by atoms with van der Waals surface area (Å²) >= 11 is 1.46. The third-order valence-electron chi connectivity index (χ3n) is 3.11. The van der Waals surface area contributed by atoms with Crippen LogP contribution in [0.5, 0.6) is 5.06 Å². The molecule has 22 heavy (non-hydrogen) atoms. The summed E-state index contributed by atoms with van der Waals surface area (Å²) in [5.41, 5.74) is 2.35. The van der Waals surface area contributed by atoms with Crippen molar-refractivity contribution in [3.05, 3.63) is 28.9 Å². The molecule has 126 valence electrons. The standard InChI is InChI=1S/C17H26N2OS.Pd/c1-16(2,3)10-12-7-8-18-19(12)14-9-13(21-15(14)20)11-17(4,5)6;/h7-9,20H,10-11H2,1-6H3;. The van der Waals surface area contributed by atoms with Gasteiger partial charge in [0, 0.05) is 37.2 Å². The summed E-state index contributed by atoms with van der Waals surface area (Å²) in [6.07, 6.45) is 3.69. The maximum absolute atomic E-state index is 10.3. The van der Waals surface area contributed by atoms with Gasteiger partial charge in [-0.2, -0.15) is 5.10 Å². The van der Waals surface area contributed by atoms with Crippen LogP contribution in [0, 0.1) is 10.8 Å². The van der Waals surface area contributed by atoms with Crippen molar-refractivity contribution in [1.82, 2.24) is 9.78 Å². The maximum atomic E-state index is 10.3. The van der Waals surface area contributed by atoms with Crippen LogP contribution in [0.15, 0.2) is 18.3 Å². The van der Waals surface area contributed by atoms with Crippen LogP contribution in [0.1, 0.15) is 52.1 Å². The van der Waals surface area contributed by atoms with Gasteiger partial charge >= 0.3 is 0 Å². The molecular weight excluding hydrogens is 387 g/mol. The molecule has 0 saturated heterocycles. The molecule has 2 aromatic heterocycles. The van der Waals surface area contributed by atoms with E-state index in [9.17, 15) is 5.11 Å². The maximum Gasteiger partial charge on any atom is 0.197 e. The normalized spacial score (nSPS) is 12.3. The number of aromatic nitrogens is 2. The van der Waals surface area contributed by atoms with E-state index in [0.717, 1.165) is 24.2 Å². The van der Waals surface area contributed by atoms with Gasteiger partial charge in [-0.25, -0.2) is 4.68 Å². The number of aromatic hydroxyl groups is 1. The molecule has 0 aromatic carbocycles. The fourth-order valence-corrected chi connectivity index (χ4v) is 3.58. The monoisotopic (exact) mass is 412 g/mol. The predicted molar refractivity (Wildman–Crippen MR) is 89.4 cm³/mol. The molecule has 0 atom stereocenters. The molecule has 0 aliphatic heterocycles. The number of thiophene rings is 1. The molecule has 3 nitrogen and oxygen atoms in total. The van der Waals surface area contributed by atoms with Gasteiger partial charge in [0.2, 0.25) is 0 Å². The molecule has 0 saturated carbocycles. The Morgan fingerprint density at radius 2 is 1.68 bits per heavy atom. The Bertz CT molecular complexity index is 617. The first-order chi connectivity index (χ1) is 9.55. The predicted octanol–water partition coefficient (Wildman–Crippen LogP) is 4.81. The molecule has 0 bridgehead atoms. The summed E-state index contributed by atoms with van der Waals surface area (Å²) in [5.74, 6) is 0. The molecule has 0 radical (unpaired) electrons. The molecule has 2 rings (SSSR count). The van der Waals surface area contributed by atoms with Gasteiger partial charge in [0.1, 0.15) is 5.69 Å². The Morgan fingerprint density at radius 3 is 2.23 bits per heavy atom. The summed E-state index contributed by atoms with van der Waals surface area (Å²) in [4.78, 5) is 1.20. The molecular formula is C17H26N2OPdS. The van der Waals surface area contributed by atoms with Crippen LogP contribution < -0.4 is 0 Å². The Morgan fingerprint density at radius 1 is 1.09 bits per heavy atom. The zero-order valence-corrected chi connectivity index (χ0v) is 16.6. The number of nitrogens with zero attached hydrogens (tertiary/aromatic N) is 2. The first kappa shape index (κ1) is 19.4. The second-order valence-corrected chi connectivity index (χ2v) is 9.23. The van der Waals surface area contributed by atoms with Gasteiger partial charge in [0.25, 0.3) is 0 Å². The molecule has 0 spiro atoms. The molecule has 2 heterocycles. The van der Waals surface area contributed by atoms with Crippen molar-refractivity contribution in [2.45, 2.75) is 54.4 Å². The van der Waals surface area contributed by atoms with Crippen molar-refractivity contribution < 1.29 is 25.5 Å². The van der Waals surface area contributed by atoms with E-state index < -0.39 is 0 Å². The zero-order chi connectivity index (χ0) is 15.8. The van der Waals surface area contributed by atoms with Crippen LogP contribution in [0.3, 0.4) is 0 Å². The number of rotatable bonds is 3. The fourth-order valence-electron chi connectivity index (χ4n) is 2.41. The number of hydrogen-bond donors (Lipinski definition) is 1. The minimum atomic E-state index is 0. The molecule has 0 fully saturated rings. The third-order valence-corrected chi connectivity index (χ3v) is 4.04. The van der Waals surface area contributed by atoms with E-state index in [1.165, 1.54) is 16.2 Å². The molecule has 0 unspecified atom stereocenters. The van der Waals surface area contributed by atoms with Crippen molar-refractivity contribution >= 4 is 11.3 Å². The summed E-state index contributed by atoms with van der Waals surface area (Å²) in [5, 5.41) is 15.0. The average molecular weight is 413 g/mol. The first-order valence-corrected chi connectivity index (χ1v) is 8.22. The van der Waals surface area contributed by atoms with Crippen molar-refractivity contribution in [1.29, 1.82) is 0 Å². The van der Waals surface area contributed by atoms with Crippen molar-refractivity contribution in [3.8, 4) is 10.8 Å². The Balaban J connectivity index is 0.00000242. The van der Waals surface area contributed by atoms with Crippen molar-refractivity contribution in [2.75, 3.05) is 0 Å². The summed E-state index contributed by atoms with van der Waals surface area (Å²) < 4.78 is 1.88. The topological polar surface area (TPSA) is 38.0 Å². The SMILES string of the molecule is CC(C)(C)Cc1cc(-n2nccc2CC(C)(C)C)c(O)s1.[Pd]. The van der Waals surface area contributed by atoms with Gasteiger partial charge < -0.3 is 5.11 Å². The van der Waals surface area contributed by atoms with E-state index in [4.69, 9.17) is 0 Å². The second kappa shape index (κ2) is 6.86. The van der Waals surface area contributed by atoms with Crippen LogP contribution in [0.25, 0.3) is 5.69 Å². The van der Waals surface area contributed by atoms with Gasteiger partial charge in [0.05, 0.1) is 0 Å². The van der Waals surface area contributed by atoms with E-state index in [1.54, 1.807) is 0 Å². The van der Waals surface area contributed by atoms with E-state index in [1.807, 2.05) is 16.9 Å². The summed E-state index contributed by atoms with van der Waals surface area (Å²) in [6, 6.07) is 4.11. The van der Waals surface area contributed by atoms with Crippen LogP contribution in [0.4, 0.5) is 0 Å². The van der Waals surface area contributed by atoms with Crippen LogP contribution >= 0.6 is 11.3 Å². The van der Waals surface area contributed by atoms with Crippen LogP contribution in [0.2, 0.25) is 0 Å². The van der Waals surface area contributed by atoms with Crippen molar-refractivity contribution in [2.24, 2.45) is 10.8 Å². The molecule has 0 amide bonds. The van der Waals surface area contributed by atoms with E-state index in [0.29, 0.717) is 5.06 Å². The van der Waals surface area contributed by atoms with E-state index >= 15 is 0 Å². The van der Waals surface area contributed by atoms with E-state index in [2.05, 4.69) is 52.7 Å². The van der Waals surface area contributed by atoms with Gasteiger partial charge in [-0.15, -0.1) is 11.3 Å². The number of hydrogen-bond acceptors (Lipinski definition) is 3. The van der Waals surface area contributed by atoms with Crippen molar-refractivity contribution in [3.63, 3.8) is 0 Å². The Kier molecular flexibility index (Phi) is 6.06. The largest absolute Gasteiger partial charge is 0.498 e. The van der Waals surface area contributed by atoms with Crippen LogP contribution in [-0.4, -0.2) is 14.9 Å². The molecule has 2 aromatic rings. The summed E-state index contributed by atoms with van der Waals surface area (Å²) in [6.45, 7) is 13.3. The second-order valence-electron chi connectivity index (χ2n) is 8.11. The Labute approximate surface area is 151 Å². The third kappa shape index (κ3) is 5.23. The first-order valence-electron chi connectivity index (χ1n) is 7.40. The quantitative estimate of drug-likeness (QED) is 0.734. The molecule has 1 N–H and O–H groups in total. The van der Waals surface area contributed by atoms with E-state index in [-0.39, 0.29) is 31.3 Å².